The Balaban J connectivity index is 3.05. The quantitative estimate of drug-likeness (QED) is 0.132. The van der Waals surface area contributed by atoms with E-state index in [9.17, 15) is 0 Å². The molecule has 0 aliphatic heterocycles. The lowest BCUT2D eigenvalue weighted by Crippen LogP contribution is -2.16. The first kappa shape index (κ1) is 11.0. The minimum atomic E-state index is 0.304. The average molecular weight is 171 g/mol. The Hall–Kier alpha value is -1.03. The van der Waals surface area contributed by atoms with Crippen molar-refractivity contribution in [3.63, 3.8) is 0 Å². The van der Waals surface area contributed by atoms with Crippen LogP contribution in [0.25, 0.3) is 0 Å². The van der Waals surface area contributed by atoms with E-state index >= 15 is 0 Å². The Morgan fingerprint density at radius 3 is 2.92 bits per heavy atom. The van der Waals surface area contributed by atoms with E-state index in [0.717, 1.165) is 25.9 Å². The Morgan fingerprint density at radius 2 is 2.33 bits per heavy atom. The molecule has 4 nitrogen and oxygen atoms in total. The highest BCUT2D eigenvalue weighted by atomic mass is 16.4. The van der Waals surface area contributed by atoms with E-state index in [4.69, 9.17) is 10.9 Å². The lowest BCUT2D eigenvalue weighted by Gasteiger charge is -2.00. The Labute approximate surface area is 73.1 Å². The van der Waals surface area contributed by atoms with Crippen LogP contribution in [0.3, 0.4) is 0 Å². The number of oxime groups is 1. The van der Waals surface area contributed by atoms with Crippen LogP contribution in [0.5, 0.6) is 0 Å². The van der Waals surface area contributed by atoms with Gasteiger partial charge in [0, 0.05) is 13.0 Å². The first-order valence-electron chi connectivity index (χ1n) is 4.09. The van der Waals surface area contributed by atoms with Crippen LogP contribution in [0.4, 0.5) is 0 Å². The van der Waals surface area contributed by atoms with E-state index < -0.39 is 0 Å². The fraction of sp³-hybridized carbons (Fsp3) is 0.625. The maximum Gasteiger partial charge on any atom is 0.139 e. The highest BCUT2D eigenvalue weighted by Gasteiger charge is 1.92. The first-order chi connectivity index (χ1) is 5.81. The van der Waals surface area contributed by atoms with E-state index in [-0.39, 0.29) is 0 Å². The Morgan fingerprint density at radius 1 is 1.58 bits per heavy atom. The minimum absolute atomic E-state index is 0.304. The summed E-state index contributed by atoms with van der Waals surface area (Å²) in [6.45, 7) is 5.37. The average Bonchev–Trinajstić information content (AvgIpc) is 2.10. The third-order valence-corrected chi connectivity index (χ3v) is 1.45. The summed E-state index contributed by atoms with van der Waals surface area (Å²) in [5, 5.41) is 14.3. The van der Waals surface area contributed by atoms with E-state index in [1.165, 1.54) is 0 Å². The van der Waals surface area contributed by atoms with Crippen LogP contribution in [-0.2, 0) is 0 Å². The molecule has 0 spiro atoms. The van der Waals surface area contributed by atoms with E-state index in [2.05, 4.69) is 17.1 Å². The van der Waals surface area contributed by atoms with Gasteiger partial charge < -0.3 is 16.3 Å². The number of hydrogen-bond donors (Lipinski definition) is 3. The third kappa shape index (κ3) is 7.08. The zero-order valence-corrected chi connectivity index (χ0v) is 7.29. The molecule has 0 rings (SSSR count). The van der Waals surface area contributed by atoms with Gasteiger partial charge in [-0.05, 0) is 19.4 Å². The van der Waals surface area contributed by atoms with Crippen molar-refractivity contribution in [2.45, 2.75) is 19.3 Å². The maximum absolute atomic E-state index is 8.21. The van der Waals surface area contributed by atoms with E-state index in [0.29, 0.717) is 12.3 Å². The molecule has 4 heteroatoms. The van der Waals surface area contributed by atoms with E-state index in [1.807, 2.05) is 6.08 Å². The largest absolute Gasteiger partial charge is 0.409 e. The third-order valence-electron chi connectivity index (χ3n) is 1.45. The number of rotatable bonds is 7. The van der Waals surface area contributed by atoms with Gasteiger partial charge in [-0.15, -0.1) is 6.58 Å². The molecule has 0 aromatic carbocycles. The van der Waals surface area contributed by atoms with Gasteiger partial charge in [0.15, 0.2) is 0 Å². The maximum atomic E-state index is 8.21. The van der Waals surface area contributed by atoms with Crippen LogP contribution >= 0.6 is 0 Å². The van der Waals surface area contributed by atoms with Gasteiger partial charge in [0.25, 0.3) is 0 Å². The van der Waals surface area contributed by atoms with Crippen molar-refractivity contribution in [2.24, 2.45) is 10.9 Å². The summed E-state index contributed by atoms with van der Waals surface area (Å²) in [6.07, 6.45) is 4.46. The fourth-order valence-electron chi connectivity index (χ4n) is 0.810. The topological polar surface area (TPSA) is 70.6 Å². The molecule has 0 fully saturated rings. The van der Waals surface area contributed by atoms with Gasteiger partial charge in [0.1, 0.15) is 5.84 Å². The molecule has 70 valence electrons. The second-order valence-corrected chi connectivity index (χ2v) is 2.54. The van der Waals surface area contributed by atoms with Crippen molar-refractivity contribution in [3.05, 3.63) is 12.7 Å². The number of nitrogens with one attached hydrogen (secondary N) is 1. The Kier molecular flexibility index (Phi) is 7.38. The van der Waals surface area contributed by atoms with Gasteiger partial charge in [-0.1, -0.05) is 11.2 Å². The molecule has 0 unspecified atom stereocenters. The molecule has 0 saturated carbocycles. The Bertz CT molecular complexity index is 145. The van der Waals surface area contributed by atoms with Crippen molar-refractivity contribution in [3.8, 4) is 0 Å². The highest BCUT2D eigenvalue weighted by Crippen LogP contribution is 1.93. The lowest BCUT2D eigenvalue weighted by molar-refractivity contribution is 0.316. The number of unbranched alkanes of at least 4 members (excludes halogenated alkanes) is 1. The summed E-state index contributed by atoms with van der Waals surface area (Å²) in [6, 6.07) is 0. The van der Waals surface area contributed by atoms with Crippen LogP contribution in [0.2, 0.25) is 0 Å². The molecule has 0 aliphatic carbocycles. The number of hydrogen-bond acceptors (Lipinski definition) is 3. The van der Waals surface area contributed by atoms with Gasteiger partial charge in [-0.25, -0.2) is 0 Å². The van der Waals surface area contributed by atoms with Crippen LogP contribution in [-0.4, -0.2) is 24.1 Å². The van der Waals surface area contributed by atoms with Gasteiger partial charge >= 0.3 is 0 Å². The second kappa shape index (κ2) is 8.07. The molecule has 12 heavy (non-hydrogen) atoms. The predicted molar refractivity (Wildman–Crippen MR) is 50.3 cm³/mol. The molecule has 4 N–H and O–H groups in total. The smallest absolute Gasteiger partial charge is 0.139 e. The molecule has 0 aliphatic rings. The molecule has 0 atom stereocenters. The second-order valence-electron chi connectivity index (χ2n) is 2.54. The van der Waals surface area contributed by atoms with Crippen LogP contribution < -0.4 is 11.1 Å². The SMILES string of the molecule is C=CCNCCCCC(N)=NO. The number of nitrogens with zero attached hydrogens (tertiary/aromatic N) is 1. The van der Waals surface area contributed by atoms with Crippen molar-refractivity contribution in [1.82, 2.24) is 5.32 Å². The van der Waals surface area contributed by atoms with E-state index in [1.54, 1.807) is 0 Å². The highest BCUT2D eigenvalue weighted by molar-refractivity contribution is 5.79. The van der Waals surface area contributed by atoms with Crippen molar-refractivity contribution in [1.29, 1.82) is 0 Å². The molecule has 0 aromatic rings. The summed E-state index contributed by atoms with van der Waals surface area (Å²) in [7, 11) is 0. The van der Waals surface area contributed by atoms with Crippen molar-refractivity contribution in [2.75, 3.05) is 13.1 Å². The van der Waals surface area contributed by atoms with Gasteiger partial charge in [0.2, 0.25) is 0 Å². The van der Waals surface area contributed by atoms with Crippen LogP contribution in [0.1, 0.15) is 19.3 Å². The molecular weight excluding hydrogens is 154 g/mol. The first-order valence-corrected chi connectivity index (χ1v) is 4.09. The summed E-state index contributed by atoms with van der Waals surface area (Å²) in [5.74, 6) is 0.304. The lowest BCUT2D eigenvalue weighted by atomic mass is 10.2. The van der Waals surface area contributed by atoms with Gasteiger partial charge in [-0.2, -0.15) is 0 Å². The fourth-order valence-corrected chi connectivity index (χ4v) is 0.810. The van der Waals surface area contributed by atoms with Gasteiger partial charge in [-0.3, -0.25) is 0 Å². The monoisotopic (exact) mass is 171 g/mol. The molecule has 0 heterocycles. The number of amidine groups is 1. The molecular formula is C8H17N3O. The summed E-state index contributed by atoms with van der Waals surface area (Å²) >= 11 is 0. The van der Waals surface area contributed by atoms with Crippen LogP contribution in [0, 0.1) is 0 Å². The standard InChI is InChI=1S/C8H17N3O/c1-2-6-10-7-4-3-5-8(9)11-12/h2,10,12H,1,3-7H2,(H2,9,11). The summed E-state index contributed by atoms with van der Waals surface area (Å²) in [4.78, 5) is 0. The molecule has 0 amide bonds. The minimum Gasteiger partial charge on any atom is -0.409 e. The molecule has 0 radical (unpaired) electrons. The zero-order chi connectivity index (χ0) is 9.23. The molecule has 0 bridgehead atoms. The zero-order valence-electron chi connectivity index (χ0n) is 7.29. The van der Waals surface area contributed by atoms with Crippen molar-refractivity contribution >= 4 is 5.84 Å². The summed E-state index contributed by atoms with van der Waals surface area (Å²) < 4.78 is 0. The predicted octanol–water partition coefficient (Wildman–Crippen LogP) is 0.679. The van der Waals surface area contributed by atoms with Crippen LogP contribution in [0.15, 0.2) is 17.8 Å². The van der Waals surface area contributed by atoms with Crippen molar-refractivity contribution < 1.29 is 5.21 Å². The van der Waals surface area contributed by atoms with Gasteiger partial charge in [0.05, 0.1) is 0 Å². The molecule has 0 saturated heterocycles. The molecule has 0 aromatic heterocycles. The number of nitrogens with two attached hydrogens (primary N) is 1. The normalized spacial score (nSPS) is 11.5. The summed E-state index contributed by atoms with van der Waals surface area (Å²) in [5.41, 5.74) is 5.28.